The van der Waals surface area contributed by atoms with Gasteiger partial charge >= 0.3 is 0 Å². The highest BCUT2D eigenvalue weighted by molar-refractivity contribution is 5.12. The lowest BCUT2D eigenvalue weighted by Gasteiger charge is -2.38. The number of hydrogen-bond donors (Lipinski definition) is 1. The Bertz CT molecular complexity index is 382. The first-order valence-corrected chi connectivity index (χ1v) is 8.28. The number of hydrogen-bond acceptors (Lipinski definition) is 3. The maximum absolute atomic E-state index is 6.09. The van der Waals surface area contributed by atoms with Crippen LogP contribution in [0.5, 0.6) is 0 Å². The minimum atomic E-state index is 0.328. The molecule has 20 heavy (non-hydrogen) atoms. The van der Waals surface area contributed by atoms with Crippen LogP contribution in [0.4, 0.5) is 0 Å². The van der Waals surface area contributed by atoms with Crippen molar-refractivity contribution < 1.29 is 0 Å². The molecule has 4 heteroatoms. The molecule has 1 atom stereocenters. The fraction of sp³-hybridized carbons (Fsp3) is 0.812. The van der Waals surface area contributed by atoms with Gasteiger partial charge in [-0.1, -0.05) is 33.1 Å². The van der Waals surface area contributed by atoms with Crippen LogP contribution in [0.1, 0.15) is 64.0 Å². The van der Waals surface area contributed by atoms with Crippen LogP contribution in [0.2, 0.25) is 0 Å². The van der Waals surface area contributed by atoms with Crippen LogP contribution in [-0.4, -0.2) is 33.8 Å². The van der Waals surface area contributed by atoms with Gasteiger partial charge in [0.15, 0.2) is 0 Å². The van der Waals surface area contributed by atoms with E-state index in [0.29, 0.717) is 18.6 Å². The summed E-state index contributed by atoms with van der Waals surface area (Å²) in [4.78, 5) is 2.60. The Morgan fingerprint density at radius 1 is 1.35 bits per heavy atom. The third-order valence-electron chi connectivity index (χ3n) is 4.52. The normalized spacial score (nSPS) is 18.6. The summed E-state index contributed by atoms with van der Waals surface area (Å²) in [6.07, 6.45) is 12.1. The molecule has 0 spiro atoms. The lowest BCUT2D eigenvalue weighted by molar-refractivity contribution is 0.113. The fourth-order valence-electron chi connectivity index (χ4n) is 3.51. The molecule has 1 unspecified atom stereocenters. The summed E-state index contributed by atoms with van der Waals surface area (Å²) in [5.74, 6) is 0. The fourth-order valence-corrected chi connectivity index (χ4v) is 3.51. The Hall–Kier alpha value is -0.870. The molecular weight excluding hydrogens is 248 g/mol. The Morgan fingerprint density at radius 2 is 2.10 bits per heavy atom. The third-order valence-corrected chi connectivity index (χ3v) is 4.52. The van der Waals surface area contributed by atoms with Crippen LogP contribution in [0.3, 0.4) is 0 Å². The van der Waals surface area contributed by atoms with Crippen LogP contribution in [0, 0.1) is 0 Å². The predicted octanol–water partition coefficient (Wildman–Crippen LogP) is 2.95. The molecule has 1 heterocycles. The number of aryl methyl sites for hydroxylation is 1. The molecule has 2 N–H and O–H groups in total. The molecule has 1 fully saturated rings. The first-order valence-electron chi connectivity index (χ1n) is 8.28. The molecular formula is C16H30N4. The van der Waals surface area contributed by atoms with Crippen LogP contribution in [0.15, 0.2) is 12.4 Å². The zero-order valence-electron chi connectivity index (χ0n) is 13.1. The van der Waals surface area contributed by atoms with Gasteiger partial charge in [0.2, 0.25) is 0 Å². The smallest absolute Gasteiger partial charge is 0.0538 e. The molecule has 2 rings (SSSR count). The minimum absolute atomic E-state index is 0.328. The molecule has 114 valence electrons. The molecule has 0 radical (unpaired) electrons. The van der Waals surface area contributed by atoms with Gasteiger partial charge in [-0.25, -0.2) is 0 Å². The van der Waals surface area contributed by atoms with Crippen molar-refractivity contribution in [3.05, 3.63) is 18.0 Å². The quantitative estimate of drug-likeness (QED) is 0.834. The zero-order valence-corrected chi connectivity index (χ0v) is 13.1. The summed E-state index contributed by atoms with van der Waals surface area (Å²) >= 11 is 0. The Labute approximate surface area is 123 Å². The highest BCUT2D eigenvalue weighted by Crippen LogP contribution is 2.29. The summed E-state index contributed by atoms with van der Waals surface area (Å²) in [6, 6.07) is 1.03. The van der Waals surface area contributed by atoms with E-state index in [1.165, 1.54) is 37.7 Å². The summed E-state index contributed by atoms with van der Waals surface area (Å²) in [5.41, 5.74) is 7.38. The van der Waals surface area contributed by atoms with Gasteiger partial charge in [-0.15, -0.1) is 0 Å². The van der Waals surface area contributed by atoms with E-state index >= 15 is 0 Å². The second kappa shape index (κ2) is 7.79. The first kappa shape index (κ1) is 15.5. The average molecular weight is 278 g/mol. The van der Waals surface area contributed by atoms with Crippen molar-refractivity contribution >= 4 is 0 Å². The molecule has 4 nitrogen and oxygen atoms in total. The molecule has 0 aromatic carbocycles. The van der Waals surface area contributed by atoms with E-state index in [2.05, 4.69) is 30.0 Å². The van der Waals surface area contributed by atoms with Crippen molar-refractivity contribution in [1.82, 2.24) is 14.7 Å². The van der Waals surface area contributed by atoms with E-state index in [1.807, 2.05) is 10.9 Å². The SMILES string of the molecule is CCCn1cc(C(CN)N(CC)C2CCCCC2)cn1. The first-order chi connectivity index (χ1) is 9.80. The Kier molecular flexibility index (Phi) is 6.05. The van der Waals surface area contributed by atoms with Gasteiger partial charge in [-0.2, -0.15) is 5.10 Å². The third kappa shape index (κ3) is 3.61. The lowest BCUT2D eigenvalue weighted by Crippen LogP contribution is -2.42. The van der Waals surface area contributed by atoms with Crippen molar-refractivity contribution in [3.63, 3.8) is 0 Å². The van der Waals surface area contributed by atoms with Crippen LogP contribution >= 0.6 is 0 Å². The largest absolute Gasteiger partial charge is 0.329 e. The van der Waals surface area contributed by atoms with Crippen molar-refractivity contribution in [1.29, 1.82) is 0 Å². The molecule has 1 aromatic rings. The van der Waals surface area contributed by atoms with Gasteiger partial charge in [0.05, 0.1) is 12.2 Å². The zero-order chi connectivity index (χ0) is 14.4. The number of rotatable bonds is 7. The van der Waals surface area contributed by atoms with E-state index in [4.69, 9.17) is 5.73 Å². The Balaban J connectivity index is 2.10. The summed E-state index contributed by atoms with van der Waals surface area (Å²) in [6.45, 7) is 7.19. The van der Waals surface area contributed by atoms with E-state index in [0.717, 1.165) is 19.5 Å². The highest BCUT2D eigenvalue weighted by Gasteiger charge is 2.27. The lowest BCUT2D eigenvalue weighted by atomic mass is 9.92. The monoisotopic (exact) mass is 278 g/mol. The molecule has 1 saturated carbocycles. The van der Waals surface area contributed by atoms with Crippen molar-refractivity contribution in [3.8, 4) is 0 Å². The minimum Gasteiger partial charge on any atom is -0.329 e. The molecule has 0 amide bonds. The van der Waals surface area contributed by atoms with E-state index in [9.17, 15) is 0 Å². The standard InChI is InChI=1S/C16H30N4/c1-3-10-19-13-14(12-18-19)16(11-17)20(4-2)15-8-6-5-7-9-15/h12-13,15-16H,3-11,17H2,1-2H3. The Morgan fingerprint density at radius 3 is 2.70 bits per heavy atom. The number of aromatic nitrogens is 2. The summed E-state index contributed by atoms with van der Waals surface area (Å²) in [7, 11) is 0. The summed E-state index contributed by atoms with van der Waals surface area (Å²) < 4.78 is 2.05. The predicted molar refractivity (Wildman–Crippen MR) is 83.6 cm³/mol. The van der Waals surface area contributed by atoms with Gasteiger partial charge in [-0.3, -0.25) is 9.58 Å². The van der Waals surface area contributed by atoms with Gasteiger partial charge in [0.1, 0.15) is 0 Å². The van der Waals surface area contributed by atoms with Gasteiger partial charge in [0.25, 0.3) is 0 Å². The van der Waals surface area contributed by atoms with Crippen molar-refractivity contribution in [2.45, 2.75) is 71.0 Å². The van der Waals surface area contributed by atoms with Gasteiger partial charge in [0, 0.05) is 30.9 Å². The van der Waals surface area contributed by atoms with Crippen molar-refractivity contribution in [2.75, 3.05) is 13.1 Å². The second-order valence-corrected chi connectivity index (χ2v) is 5.91. The molecule has 0 bridgehead atoms. The molecule has 1 aliphatic rings. The van der Waals surface area contributed by atoms with E-state index < -0.39 is 0 Å². The van der Waals surface area contributed by atoms with Crippen LogP contribution < -0.4 is 5.73 Å². The summed E-state index contributed by atoms with van der Waals surface area (Å²) in [5, 5.41) is 4.47. The topological polar surface area (TPSA) is 47.1 Å². The molecule has 0 saturated heterocycles. The number of nitrogens with two attached hydrogens (primary N) is 1. The van der Waals surface area contributed by atoms with Crippen LogP contribution in [0.25, 0.3) is 0 Å². The maximum atomic E-state index is 6.09. The van der Waals surface area contributed by atoms with E-state index in [1.54, 1.807) is 0 Å². The van der Waals surface area contributed by atoms with Crippen molar-refractivity contribution in [2.24, 2.45) is 5.73 Å². The number of likely N-dealkylation sites (N-methyl/N-ethyl adjacent to an activating group) is 1. The van der Waals surface area contributed by atoms with E-state index in [-0.39, 0.29) is 0 Å². The highest BCUT2D eigenvalue weighted by atomic mass is 15.3. The molecule has 1 aromatic heterocycles. The maximum Gasteiger partial charge on any atom is 0.0538 e. The average Bonchev–Trinajstić information content (AvgIpc) is 2.94. The second-order valence-electron chi connectivity index (χ2n) is 5.91. The van der Waals surface area contributed by atoms with Gasteiger partial charge < -0.3 is 5.73 Å². The van der Waals surface area contributed by atoms with Gasteiger partial charge in [-0.05, 0) is 25.8 Å². The number of nitrogens with zero attached hydrogens (tertiary/aromatic N) is 3. The molecule has 1 aliphatic carbocycles. The molecule has 0 aliphatic heterocycles. The van der Waals surface area contributed by atoms with Crippen LogP contribution in [-0.2, 0) is 6.54 Å².